The summed E-state index contributed by atoms with van der Waals surface area (Å²) in [7, 11) is 1.60. The van der Waals surface area contributed by atoms with E-state index in [1.165, 1.54) is 17.4 Å². The van der Waals surface area contributed by atoms with Crippen molar-refractivity contribution >= 4 is 28.5 Å². The van der Waals surface area contributed by atoms with Crippen molar-refractivity contribution in [3.63, 3.8) is 0 Å². The maximum absolute atomic E-state index is 13.3. The van der Waals surface area contributed by atoms with Gasteiger partial charge in [-0.3, -0.25) is 10.1 Å². The first-order valence-corrected chi connectivity index (χ1v) is 13.7. The van der Waals surface area contributed by atoms with Crippen LogP contribution in [-0.2, 0) is 22.5 Å². The Labute approximate surface area is 227 Å². The van der Waals surface area contributed by atoms with Crippen LogP contribution in [0.2, 0.25) is 0 Å². The molecule has 2 amide bonds. The zero-order chi connectivity index (χ0) is 27.5. The lowest BCUT2D eigenvalue weighted by Gasteiger charge is -2.58. The summed E-state index contributed by atoms with van der Waals surface area (Å²) in [5.74, 6) is 0.240. The number of aliphatic hydroxyl groups is 2. The first-order valence-electron chi connectivity index (χ1n) is 12.9. The highest BCUT2D eigenvalue weighted by atomic mass is 32.1. The molecule has 0 bridgehead atoms. The quantitative estimate of drug-likeness (QED) is 0.352. The Bertz CT molecular complexity index is 1190. The standard InChI is InChI=1S/C28H37N3O6S/c1-5-12-37-26(35)31-25-30-24-18(13-23(34)29-15-17-8-6-7-9-19(17)36-4)27(2)11-10-22(33)28(3,16-32)21(27)14-20(24)38-25/h5-9,18,21-22,32-33H,1,10-16H2,2-4H3,(H,29,34)(H,30,31,35). The van der Waals surface area contributed by atoms with Gasteiger partial charge in [0.05, 0.1) is 25.5 Å². The van der Waals surface area contributed by atoms with Crippen LogP contribution in [0, 0.1) is 16.7 Å². The Balaban J connectivity index is 1.63. The van der Waals surface area contributed by atoms with Gasteiger partial charge in [-0.15, -0.1) is 11.3 Å². The van der Waals surface area contributed by atoms with Crippen LogP contribution >= 0.6 is 11.3 Å². The molecule has 206 valence electrons. The Morgan fingerprint density at radius 1 is 1.32 bits per heavy atom. The van der Waals surface area contributed by atoms with Crippen molar-refractivity contribution in [2.45, 2.75) is 58.1 Å². The van der Waals surface area contributed by atoms with Gasteiger partial charge in [0.1, 0.15) is 12.4 Å². The number of amides is 2. The van der Waals surface area contributed by atoms with Crippen LogP contribution in [-0.4, -0.2) is 53.6 Å². The largest absolute Gasteiger partial charge is 0.496 e. The Morgan fingerprint density at radius 2 is 2.08 bits per heavy atom. The minimum atomic E-state index is -0.725. The molecule has 10 heteroatoms. The number of carbonyl (C=O) groups excluding carboxylic acids is 2. The summed E-state index contributed by atoms with van der Waals surface area (Å²) < 4.78 is 10.5. The number of anilines is 1. The normalized spacial score (nSPS) is 28.0. The monoisotopic (exact) mass is 543 g/mol. The molecule has 1 saturated carbocycles. The lowest BCUT2D eigenvalue weighted by molar-refractivity contribution is -0.144. The molecule has 9 nitrogen and oxygen atoms in total. The van der Waals surface area contributed by atoms with Crippen molar-refractivity contribution in [3.8, 4) is 5.75 Å². The number of rotatable bonds is 9. The third-order valence-corrected chi connectivity index (χ3v) is 9.50. The smallest absolute Gasteiger partial charge is 0.413 e. The molecule has 38 heavy (non-hydrogen) atoms. The summed E-state index contributed by atoms with van der Waals surface area (Å²) >= 11 is 1.35. The Hall–Kier alpha value is -2.95. The topological polar surface area (TPSA) is 130 Å². The van der Waals surface area contributed by atoms with Crippen LogP contribution in [0.3, 0.4) is 0 Å². The van der Waals surface area contributed by atoms with Crippen LogP contribution < -0.4 is 15.4 Å². The van der Waals surface area contributed by atoms with E-state index in [9.17, 15) is 19.8 Å². The van der Waals surface area contributed by atoms with Gasteiger partial charge in [-0.1, -0.05) is 44.7 Å². The second-order valence-corrected chi connectivity index (χ2v) is 11.7. The summed E-state index contributed by atoms with van der Waals surface area (Å²) in [6.07, 6.45) is 2.23. The highest BCUT2D eigenvalue weighted by molar-refractivity contribution is 7.15. The van der Waals surface area contributed by atoms with Crippen LogP contribution in [0.4, 0.5) is 9.93 Å². The van der Waals surface area contributed by atoms with Gasteiger partial charge in [0.15, 0.2) is 5.13 Å². The van der Waals surface area contributed by atoms with E-state index in [1.807, 2.05) is 31.2 Å². The van der Waals surface area contributed by atoms with E-state index in [4.69, 9.17) is 14.5 Å². The van der Waals surface area contributed by atoms with Gasteiger partial charge in [0.2, 0.25) is 5.91 Å². The molecular weight excluding hydrogens is 506 g/mol. The molecule has 0 saturated heterocycles. The molecule has 4 rings (SSSR count). The van der Waals surface area contributed by atoms with E-state index in [0.29, 0.717) is 36.7 Å². The first kappa shape index (κ1) is 28.1. The third kappa shape index (κ3) is 5.30. The van der Waals surface area contributed by atoms with Crippen molar-refractivity contribution in [2.24, 2.45) is 16.7 Å². The fourth-order valence-corrected chi connectivity index (χ4v) is 7.31. The van der Waals surface area contributed by atoms with Gasteiger partial charge in [-0.05, 0) is 36.7 Å². The average Bonchev–Trinajstić information content (AvgIpc) is 3.31. The summed E-state index contributed by atoms with van der Waals surface area (Å²) in [6, 6.07) is 7.54. The van der Waals surface area contributed by atoms with Crippen molar-refractivity contribution in [3.05, 3.63) is 53.1 Å². The highest BCUT2D eigenvalue weighted by Gasteiger charge is 2.59. The second kappa shape index (κ2) is 11.4. The van der Waals surface area contributed by atoms with E-state index in [-0.39, 0.29) is 42.8 Å². The number of benzene rings is 1. The number of hydrogen-bond acceptors (Lipinski definition) is 8. The first-order chi connectivity index (χ1) is 18.2. The van der Waals surface area contributed by atoms with Gasteiger partial charge in [0, 0.05) is 34.7 Å². The fourth-order valence-electron chi connectivity index (χ4n) is 6.26. The van der Waals surface area contributed by atoms with Crippen LogP contribution in [0.1, 0.15) is 55.2 Å². The van der Waals surface area contributed by atoms with Crippen molar-refractivity contribution in [1.29, 1.82) is 0 Å². The maximum Gasteiger partial charge on any atom is 0.413 e. The number of methoxy groups -OCH3 is 1. The molecule has 4 N–H and O–H groups in total. The van der Waals surface area contributed by atoms with Crippen molar-refractivity contribution in [1.82, 2.24) is 10.3 Å². The van der Waals surface area contributed by atoms with E-state index in [2.05, 4.69) is 24.1 Å². The number of aliphatic hydroxyl groups excluding tert-OH is 2. The number of carbonyl (C=O) groups is 2. The molecule has 1 fully saturated rings. The summed E-state index contributed by atoms with van der Waals surface area (Å²) in [6.45, 7) is 7.87. The van der Waals surface area contributed by atoms with E-state index in [0.717, 1.165) is 16.1 Å². The predicted octanol–water partition coefficient (Wildman–Crippen LogP) is 4.01. The zero-order valence-corrected chi connectivity index (χ0v) is 23.0. The number of nitrogens with zero attached hydrogens (tertiary/aromatic N) is 1. The lowest BCUT2D eigenvalue weighted by atomic mass is 9.47. The van der Waals surface area contributed by atoms with Gasteiger partial charge in [-0.2, -0.15) is 0 Å². The number of hydrogen-bond donors (Lipinski definition) is 4. The summed E-state index contributed by atoms with van der Waals surface area (Å²) in [4.78, 5) is 31.2. The third-order valence-electron chi connectivity index (χ3n) is 8.49. The summed E-state index contributed by atoms with van der Waals surface area (Å²) in [5.41, 5.74) is 0.554. The molecule has 1 aromatic heterocycles. The number of ether oxygens (including phenoxy) is 2. The maximum atomic E-state index is 13.3. The van der Waals surface area contributed by atoms with E-state index in [1.54, 1.807) is 7.11 Å². The molecule has 0 aliphatic heterocycles. The van der Waals surface area contributed by atoms with E-state index >= 15 is 0 Å². The van der Waals surface area contributed by atoms with Crippen LogP contribution in [0.5, 0.6) is 5.75 Å². The number of aromatic nitrogens is 1. The Kier molecular flexibility index (Phi) is 8.44. The van der Waals surface area contributed by atoms with Gasteiger partial charge in [0.25, 0.3) is 0 Å². The zero-order valence-electron chi connectivity index (χ0n) is 22.2. The number of fused-ring (bicyclic) bond motifs is 2. The molecule has 2 aromatic rings. The van der Waals surface area contributed by atoms with Gasteiger partial charge < -0.3 is 25.0 Å². The van der Waals surface area contributed by atoms with Crippen LogP contribution in [0.25, 0.3) is 0 Å². The van der Waals surface area contributed by atoms with Gasteiger partial charge in [-0.25, -0.2) is 9.78 Å². The molecule has 5 unspecified atom stereocenters. The number of thiazole rings is 1. The molecule has 5 atom stereocenters. The minimum Gasteiger partial charge on any atom is -0.496 e. The second-order valence-electron chi connectivity index (χ2n) is 10.7. The number of para-hydroxylation sites is 1. The fraction of sp³-hybridized carbons (Fsp3) is 0.536. The van der Waals surface area contributed by atoms with Crippen molar-refractivity contribution < 1.29 is 29.3 Å². The average molecular weight is 544 g/mol. The number of nitrogens with one attached hydrogen (secondary N) is 2. The molecule has 0 radical (unpaired) electrons. The van der Waals surface area contributed by atoms with Crippen molar-refractivity contribution in [2.75, 3.05) is 25.6 Å². The van der Waals surface area contributed by atoms with Gasteiger partial charge >= 0.3 is 6.09 Å². The molecule has 1 aromatic carbocycles. The SMILES string of the molecule is C=CCOC(=O)Nc1nc2c(s1)CC1C(C)(CO)C(O)CCC1(C)C2CC(=O)NCc1ccccc1OC. The highest BCUT2D eigenvalue weighted by Crippen LogP contribution is 2.62. The lowest BCUT2D eigenvalue weighted by Crippen LogP contribution is -2.57. The summed E-state index contributed by atoms with van der Waals surface area (Å²) in [5, 5.41) is 27.4. The molecule has 1 heterocycles. The predicted molar refractivity (Wildman–Crippen MR) is 145 cm³/mol. The van der Waals surface area contributed by atoms with E-state index < -0.39 is 17.6 Å². The van der Waals surface area contributed by atoms with Crippen LogP contribution in [0.15, 0.2) is 36.9 Å². The Morgan fingerprint density at radius 3 is 2.79 bits per heavy atom. The minimum absolute atomic E-state index is 0.0794. The molecule has 2 aliphatic carbocycles. The molecule has 2 aliphatic rings. The molecular formula is C28H37N3O6S. The molecule has 0 spiro atoms.